The van der Waals surface area contributed by atoms with E-state index in [0.29, 0.717) is 17.1 Å². The summed E-state index contributed by atoms with van der Waals surface area (Å²) in [5, 5.41) is 9.39. The third-order valence-electron chi connectivity index (χ3n) is 2.30. The van der Waals surface area contributed by atoms with Crippen LogP contribution in [0.3, 0.4) is 0 Å². The van der Waals surface area contributed by atoms with Crippen LogP contribution < -0.4 is 10.1 Å². The summed E-state index contributed by atoms with van der Waals surface area (Å²) in [6, 6.07) is 8.80. The zero-order chi connectivity index (χ0) is 12.3. The summed E-state index contributed by atoms with van der Waals surface area (Å²) in [5.41, 5.74) is 1.37. The van der Waals surface area contributed by atoms with Crippen LogP contribution in [-0.2, 0) is 0 Å². The number of para-hydroxylation sites is 1. The van der Waals surface area contributed by atoms with E-state index in [2.05, 4.69) is 15.5 Å². The lowest BCUT2D eigenvalue weighted by atomic mass is 10.2. The number of benzene rings is 1. The second-order valence-electron chi connectivity index (χ2n) is 3.59. The van der Waals surface area contributed by atoms with Crippen LogP contribution in [0.15, 0.2) is 30.3 Å². The summed E-state index contributed by atoms with van der Waals surface area (Å²) in [6.07, 6.45) is 0. The van der Waals surface area contributed by atoms with Gasteiger partial charge in [0.15, 0.2) is 5.82 Å². The zero-order valence-electron chi connectivity index (χ0n) is 9.65. The average Bonchev–Trinajstić information content (AvgIpc) is 2.74. The van der Waals surface area contributed by atoms with Crippen LogP contribution in [0.25, 0.3) is 0 Å². The molecule has 0 saturated carbocycles. The largest absolute Gasteiger partial charge is 0.496 e. The molecule has 0 radical (unpaired) electrons. The fourth-order valence-corrected chi connectivity index (χ4v) is 1.50. The second-order valence-corrected chi connectivity index (χ2v) is 3.59. The lowest BCUT2D eigenvalue weighted by Gasteiger charge is -2.06. The summed E-state index contributed by atoms with van der Waals surface area (Å²) >= 11 is 0. The van der Waals surface area contributed by atoms with E-state index >= 15 is 0 Å². The third-order valence-corrected chi connectivity index (χ3v) is 2.30. The molecule has 88 valence electrons. The van der Waals surface area contributed by atoms with Gasteiger partial charge >= 0.3 is 0 Å². The van der Waals surface area contributed by atoms with Crippen molar-refractivity contribution in [3.63, 3.8) is 0 Å². The molecule has 5 nitrogen and oxygen atoms in total. The molecule has 0 bridgehead atoms. The molecule has 0 unspecified atom stereocenters. The number of amides is 1. The third kappa shape index (κ3) is 2.44. The van der Waals surface area contributed by atoms with Crippen LogP contribution in [0.1, 0.15) is 16.1 Å². The summed E-state index contributed by atoms with van der Waals surface area (Å²) < 4.78 is 5.12. The zero-order valence-corrected chi connectivity index (χ0v) is 9.65. The molecule has 1 heterocycles. The van der Waals surface area contributed by atoms with E-state index < -0.39 is 0 Å². The number of carbonyl (C=O) groups excluding carboxylic acids is 1. The van der Waals surface area contributed by atoms with Crippen molar-refractivity contribution in [1.82, 2.24) is 10.2 Å². The van der Waals surface area contributed by atoms with Crippen molar-refractivity contribution in [2.75, 3.05) is 12.4 Å². The molecule has 2 aromatic rings. The van der Waals surface area contributed by atoms with E-state index in [1.54, 1.807) is 24.3 Å². The number of nitrogens with one attached hydrogen (secondary N) is 2. The number of aromatic nitrogens is 2. The molecule has 0 saturated heterocycles. The molecular weight excluding hydrogens is 218 g/mol. The molecule has 0 fully saturated rings. The van der Waals surface area contributed by atoms with Crippen molar-refractivity contribution < 1.29 is 9.53 Å². The Labute approximate surface area is 98.8 Å². The van der Waals surface area contributed by atoms with Gasteiger partial charge in [-0.25, -0.2) is 0 Å². The number of ether oxygens (including phenoxy) is 1. The molecule has 5 heteroatoms. The number of aryl methyl sites for hydroxylation is 1. The van der Waals surface area contributed by atoms with E-state index in [1.165, 1.54) is 7.11 Å². The van der Waals surface area contributed by atoms with Crippen molar-refractivity contribution in [2.24, 2.45) is 0 Å². The van der Waals surface area contributed by atoms with Gasteiger partial charge in [0.05, 0.1) is 12.7 Å². The lowest BCUT2D eigenvalue weighted by Crippen LogP contribution is -2.13. The maximum atomic E-state index is 12.0. The minimum Gasteiger partial charge on any atom is -0.496 e. The monoisotopic (exact) mass is 231 g/mol. The van der Waals surface area contributed by atoms with Gasteiger partial charge in [-0.05, 0) is 19.1 Å². The highest BCUT2D eigenvalue weighted by molar-refractivity contribution is 6.05. The Bertz CT molecular complexity index is 534. The molecule has 0 atom stereocenters. The van der Waals surface area contributed by atoms with Crippen LogP contribution in [-0.4, -0.2) is 23.2 Å². The normalized spacial score (nSPS) is 10.0. The van der Waals surface area contributed by atoms with Gasteiger partial charge in [-0.1, -0.05) is 12.1 Å². The average molecular weight is 231 g/mol. The van der Waals surface area contributed by atoms with Gasteiger partial charge in [0.1, 0.15) is 5.75 Å². The van der Waals surface area contributed by atoms with Crippen LogP contribution in [0.2, 0.25) is 0 Å². The number of aromatic amines is 1. The molecule has 1 aromatic heterocycles. The molecule has 0 aliphatic carbocycles. The lowest BCUT2D eigenvalue weighted by molar-refractivity contribution is 0.102. The quantitative estimate of drug-likeness (QED) is 0.848. The highest BCUT2D eigenvalue weighted by Gasteiger charge is 2.12. The number of nitrogens with zero attached hydrogens (tertiary/aromatic N) is 1. The molecule has 17 heavy (non-hydrogen) atoms. The minimum absolute atomic E-state index is 0.242. The molecule has 1 amide bonds. The Balaban J connectivity index is 2.20. The smallest absolute Gasteiger partial charge is 0.260 e. The first-order valence-electron chi connectivity index (χ1n) is 5.17. The number of carbonyl (C=O) groups is 1. The van der Waals surface area contributed by atoms with Gasteiger partial charge < -0.3 is 10.1 Å². The Morgan fingerprint density at radius 3 is 2.82 bits per heavy atom. The van der Waals surface area contributed by atoms with E-state index in [4.69, 9.17) is 4.74 Å². The molecular formula is C12H13N3O2. The van der Waals surface area contributed by atoms with Gasteiger partial charge in [-0.2, -0.15) is 5.10 Å². The fourth-order valence-electron chi connectivity index (χ4n) is 1.50. The van der Waals surface area contributed by atoms with E-state index in [0.717, 1.165) is 5.69 Å². The van der Waals surface area contributed by atoms with Crippen molar-refractivity contribution in [3.05, 3.63) is 41.6 Å². The van der Waals surface area contributed by atoms with Crippen LogP contribution in [0, 0.1) is 6.92 Å². The standard InChI is InChI=1S/C12H13N3O2/c1-8-7-11(15-14-8)13-12(16)9-5-3-4-6-10(9)17-2/h3-7H,1-2H3,(H2,13,14,15,16). The minimum atomic E-state index is -0.242. The molecule has 0 aliphatic rings. The number of H-pyrrole nitrogens is 1. The number of methoxy groups -OCH3 is 1. The SMILES string of the molecule is COc1ccccc1C(=O)Nc1cc(C)[nH]n1. The van der Waals surface area contributed by atoms with Gasteiger partial charge in [-0.3, -0.25) is 9.89 Å². The molecule has 2 N–H and O–H groups in total. The summed E-state index contributed by atoms with van der Waals surface area (Å²) in [7, 11) is 1.53. The molecule has 0 aliphatic heterocycles. The Hall–Kier alpha value is -2.30. The fraction of sp³-hybridized carbons (Fsp3) is 0.167. The first-order chi connectivity index (χ1) is 8.20. The van der Waals surface area contributed by atoms with Crippen LogP contribution in [0.5, 0.6) is 5.75 Å². The summed E-state index contributed by atoms with van der Waals surface area (Å²) in [4.78, 5) is 12.0. The summed E-state index contributed by atoms with van der Waals surface area (Å²) in [5.74, 6) is 0.796. The predicted molar refractivity (Wildman–Crippen MR) is 64.3 cm³/mol. The van der Waals surface area contributed by atoms with E-state index in [1.807, 2.05) is 13.0 Å². The number of rotatable bonds is 3. The van der Waals surface area contributed by atoms with Gasteiger partial charge in [0.2, 0.25) is 0 Å². The second kappa shape index (κ2) is 4.69. The van der Waals surface area contributed by atoms with Crippen molar-refractivity contribution in [3.8, 4) is 5.75 Å². The first-order valence-corrected chi connectivity index (χ1v) is 5.17. The predicted octanol–water partition coefficient (Wildman–Crippen LogP) is 1.98. The van der Waals surface area contributed by atoms with Crippen molar-refractivity contribution in [1.29, 1.82) is 0 Å². The molecule has 2 rings (SSSR count). The maximum absolute atomic E-state index is 12.0. The Morgan fingerprint density at radius 2 is 2.18 bits per heavy atom. The van der Waals surface area contributed by atoms with Crippen LogP contribution in [0.4, 0.5) is 5.82 Å². The van der Waals surface area contributed by atoms with Gasteiger partial charge in [-0.15, -0.1) is 0 Å². The number of anilines is 1. The highest BCUT2D eigenvalue weighted by Crippen LogP contribution is 2.18. The molecule has 1 aromatic carbocycles. The Kier molecular flexibility index (Phi) is 3.09. The number of hydrogen-bond donors (Lipinski definition) is 2. The van der Waals surface area contributed by atoms with Crippen LogP contribution >= 0.6 is 0 Å². The Morgan fingerprint density at radius 1 is 1.41 bits per heavy atom. The topological polar surface area (TPSA) is 67.0 Å². The van der Waals surface area contributed by atoms with Gasteiger partial charge in [0, 0.05) is 11.8 Å². The number of hydrogen-bond acceptors (Lipinski definition) is 3. The first kappa shape index (κ1) is 11.2. The highest BCUT2D eigenvalue weighted by atomic mass is 16.5. The van der Waals surface area contributed by atoms with E-state index in [-0.39, 0.29) is 5.91 Å². The van der Waals surface area contributed by atoms with Gasteiger partial charge in [0.25, 0.3) is 5.91 Å². The van der Waals surface area contributed by atoms with Crippen molar-refractivity contribution in [2.45, 2.75) is 6.92 Å². The maximum Gasteiger partial charge on any atom is 0.260 e. The van der Waals surface area contributed by atoms with Crippen molar-refractivity contribution >= 4 is 11.7 Å². The molecule has 0 spiro atoms. The van der Waals surface area contributed by atoms with E-state index in [9.17, 15) is 4.79 Å². The summed E-state index contributed by atoms with van der Waals surface area (Å²) in [6.45, 7) is 1.87.